The summed E-state index contributed by atoms with van der Waals surface area (Å²) in [5.41, 5.74) is 2.78. The topological polar surface area (TPSA) is 277 Å². The minimum absolute atomic E-state index is 0.0355. The van der Waals surface area contributed by atoms with Crippen LogP contribution < -0.4 is 37.2 Å². The Morgan fingerprint density at radius 2 is 1.27 bits per heavy atom. The third-order valence-electron chi connectivity index (χ3n) is 10.7. The molecule has 1 aromatic carbocycles. The second-order valence-corrected chi connectivity index (χ2v) is 17.1. The van der Waals surface area contributed by atoms with E-state index in [-0.39, 0.29) is 31.2 Å². The van der Waals surface area contributed by atoms with Gasteiger partial charge in [0.05, 0.1) is 19.2 Å². The molecule has 0 saturated carbocycles. The smallest absolute Gasteiger partial charge is 0.243 e. The van der Waals surface area contributed by atoms with Gasteiger partial charge in [0.1, 0.15) is 30.2 Å². The number of imidazole rings is 2. The van der Waals surface area contributed by atoms with Gasteiger partial charge >= 0.3 is 0 Å². The molecule has 10 N–H and O–H groups in total. The summed E-state index contributed by atoms with van der Waals surface area (Å²) in [4.78, 5) is 111. The highest BCUT2D eigenvalue weighted by molar-refractivity contribution is 5.97. The zero-order valence-corrected chi connectivity index (χ0v) is 37.9. The average Bonchev–Trinajstić information content (AvgIpc) is 4.04. The number of aromatic nitrogens is 5. The maximum absolute atomic E-state index is 14.0. The number of para-hydroxylation sites is 1. The molecule has 0 aliphatic rings. The minimum atomic E-state index is -1.19. The van der Waals surface area contributed by atoms with Gasteiger partial charge in [0, 0.05) is 73.1 Å². The summed E-state index contributed by atoms with van der Waals surface area (Å²) in [6, 6.07) is 1.93. The van der Waals surface area contributed by atoms with E-state index in [2.05, 4.69) is 82.9 Å². The molecular formula is C45H66N12O7. The molecule has 0 fully saturated rings. The van der Waals surface area contributed by atoms with Gasteiger partial charge in [-0.1, -0.05) is 72.1 Å². The van der Waals surface area contributed by atoms with Crippen molar-refractivity contribution in [2.75, 3.05) is 6.54 Å². The lowest BCUT2D eigenvalue weighted by atomic mass is 9.98. The van der Waals surface area contributed by atoms with Crippen molar-refractivity contribution in [1.82, 2.24) is 62.1 Å². The molecule has 0 radical (unpaired) electrons. The molecule has 0 saturated heterocycles. The van der Waals surface area contributed by atoms with Crippen LogP contribution in [-0.2, 0) is 52.8 Å². The molecule has 0 spiro atoms. The number of carbonyl (C=O) groups excluding carboxylic acids is 7. The second kappa shape index (κ2) is 24.9. The fraction of sp³-hybridized carbons (Fsp3) is 0.533. The Morgan fingerprint density at radius 1 is 0.656 bits per heavy atom. The van der Waals surface area contributed by atoms with Gasteiger partial charge in [0.2, 0.25) is 41.4 Å². The van der Waals surface area contributed by atoms with Crippen LogP contribution in [0.5, 0.6) is 0 Å². The van der Waals surface area contributed by atoms with Crippen LogP contribution in [0.25, 0.3) is 10.9 Å². The van der Waals surface area contributed by atoms with Crippen molar-refractivity contribution in [2.45, 2.75) is 136 Å². The summed E-state index contributed by atoms with van der Waals surface area (Å²) < 4.78 is 0. The maximum Gasteiger partial charge on any atom is 0.243 e. The Balaban J connectivity index is 1.40. The van der Waals surface area contributed by atoms with Crippen molar-refractivity contribution < 1.29 is 33.6 Å². The predicted molar refractivity (Wildman–Crippen MR) is 241 cm³/mol. The number of carbonyl (C=O) groups is 7. The molecule has 6 atom stereocenters. The molecule has 7 amide bonds. The zero-order chi connectivity index (χ0) is 46.8. The molecule has 0 aliphatic carbocycles. The van der Waals surface area contributed by atoms with Gasteiger partial charge in [-0.25, -0.2) is 9.97 Å². The van der Waals surface area contributed by atoms with Crippen LogP contribution in [0.2, 0.25) is 0 Å². The van der Waals surface area contributed by atoms with Crippen LogP contribution >= 0.6 is 0 Å². The number of amides is 7. The Kier molecular flexibility index (Phi) is 19.5. The van der Waals surface area contributed by atoms with Crippen molar-refractivity contribution >= 4 is 52.3 Å². The first-order chi connectivity index (χ1) is 30.5. The monoisotopic (exact) mass is 887 g/mol. The number of hydrogen-bond acceptors (Lipinski definition) is 9. The summed E-state index contributed by atoms with van der Waals surface area (Å²) in [6.45, 7) is 12.0. The summed E-state index contributed by atoms with van der Waals surface area (Å²) >= 11 is 0. The molecular weight excluding hydrogens is 821 g/mol. The third-order valence-corrected chi connectivity index (χ3v) is 10.7. The first-order valence-electron chi connectivity index (χ1n) is 22.1. The van der Waals surface area contributed by atoms with Gasteiger partial charge < -0.3 is 52.2 Å². The molecule has 4 aromatic rings. The molecule has 4 rings (SSSR count). The molecule has 64 heavy (non-hydrogen) atoms. The van der Waals surface area contributed by atoms with E-state index >= 15 is 0 Å². The third kappa shape index (κ3) is 16.0. The number of aromatic amines is 3. The molecule has 0 aliphatic heterocycles. The van der Waals surface area contributed by atoms with Gasteiger partial charge in [-0.3, -0.25) is 33.6 Å². The summed E-state index contributed by atoms with van der Waals surface area (Å²) in [5, 5.41) is 20.1. The van der Waals surface area contributed by atoms with E-state index in [9.17, 15) is 33.6 Å². The van der Waals surface area contributed by atoms with E-state index < -0.39 is 78.1 Å². The van der Waals surface area contributed by atoms with Crippen LogP contribution in [0.3, 0.4) is 0 Å². The predicted octanol–water partition coefficient (Wildman–Crippen LogP) is 1.99. The first-order valence-corrected chi connectivity index (χ1v) is 22.1. The van der Waals surface area contributed by atoms with Crippen molar-refractivity contribution in [2.24, 2.45) is 11.8 Å². The molecule has 3 aromatic heterocycles. The van der Waals surface area contributed by atoms with Crippen molar-refractivity contribution in [1.29, 1.82) is 0 Å². The second-order valence-electron chi connectivity index (χ2n) is 17.1. The molecule has 19 nitrogen and oxygen atoms in total. The summed E-state index contributed by atoms with van der Waals surface area (Å²) in [5.74, 6) is -4.14. The molecule has 348 valence electrons. The minimum Gasteiger partial charge on any atom is -0.361 e. The molecule has 19 heteroatoms. The van der Waals surface area contributed by atoms with Gasteiger partial charge in [-0.05, 0) is 43.2 Å². The van der Waals surface area contributed by atoms with Gasteiger partial charge in [-0.15, -0.1) is 0 Å². The Bertz CT molecular complexity index is 2130. The van der Waals surface area contributed by atoms with Crippen LogP contribution in [-0.4, -0.2) is 109 Å². The Labute approximate surface area is 374 Å². The summed E-state index contributed by atoms with van der Waals surface area (Å²) in [6.07, 6.45) is 12.7. The zero-order valence-electron chi connectivity index (χ0n) is 37.9. The summed E-state index contributed by atoms with van der Waals surface area (Å²) in [7, 11) is 0. The van der Waals surface area contributed by atoms with E-state index in [1.807, 2.05) is 24.3 Å². The van der Waals surface area contributed by atoms with Crippen LogP contribution in [0, 0.1) is 11.8 Å². The standard InChI is InChI=1S/C45H66N12O7/c1-8-9-10-13-31(16-26(2)3)54-43(62)38(19-33-22-47-25-51-33)55-39(59)23-49-45(64)40(27(4)5)57-41(60)28(6)52-42(61)36(17-30-20-48-35-15-12-11-14-34(30)35)56-44(63)37(53-29(7)58)18-32-21-46-24-50-32/h11-12,14-15,20-22,24-28,31,36-38,40,48H,8-10,13,16-19,23H2,1-7H3,(H,46,50)(H,47,51)(H,49,64)(H,52,61)(H,53,58)(H,54,62)(H,55,59)(H,56,63)(H,57,60)/t28-,31-,36-,37-,38-,40-/m0/s1. The molecule has 0 unspecified atom stereocenters. The SMILES string of the molecule is CCCCC[C@@H](CC(C)C)NC(=O)[C@H](Cc1cnc[nH]1)NC(=O)CNC(=O)[C@@H](NC(=O)[C@H](C)NC(=O)[C@H](Cc1c[nH]c2ccccc12)NC(=O)[C@H](Cc1cnc[nH]1)NC(C)=O)C(C)C. The number of H-pyrrole nitrogens is 3. The van der Waals surface area contributed by atoms with E-state index in [1.165, 1.54) is 32.7 Å². The number of nitrogens with one attached hydrogen (secondary N) is 10. The van der Waals surface area contributed by atoms with Crippen molar-refractivity contribution in [3.63, 3.8) is 0 Å². The van der Waals surface area contributed by atoms with Gasteiger partial charge in [0.15, 0.2) is 0 Å². The highest BCUT2D eigenvalue weighted by Crippen LogP contribution is 2.20. The number of hydrogen-bond donors (Lipinski definition) is 10. The average molecular weight is 887 g/mol. The van der Waals surface area contributed by atoms with Gasteiger partial charge in [0.25, 0.3) is 0 Å². The molecule has 0 bridgehead atoms. The van der Waals surface area contributed by atoms with Crippen molar-refractivity contribution in [3.8, 4) is 0 Å². The number of unbranched alkanes of at least 4 members (excludes halogenated alkanes) is 2. The Hall–Kier alpha value is -6.53. The van der Waals surface area contributed by atoms with E-state index in [0.717, 1.165) is 48.6 Å². The largest absolute Gasteiger partial charge is 0.361 e. The van der Waals surface area contributed by atoms with Crippen LogP contribution in [0.15, 0.2) is 55.5 Å². The number of nitrogens with zero attached hydrogens (tertiary/aromatic N) is 2. The van der Waals surface area contributed by atoms with E-state index in [0.29, 0.717) is 17.3 Å². The highest BCUT2D eigenvalue weighted by atomic mass is 16.2. The van der Waals surface area contributed by atoms with Crippen LogP contribution in [0.1, 0.15) is 97.5 Å². The number of fused-ring (bicyclic) bond motifs is 1. The number of rotatable bonds is 26. The quantitative estimate of drug-likeness (QED) is 0.0413. The van der Waals surface area contributed by atoms with E-state index in [1.54, 1.807) is 26.2 Å². The molecule has 3 heterocycles. The van der Waals surface area contributed by atoms with Crippen molar-refractivity contribution in [3.05, 3.63) is 72.5 Å². The lowest BCUT2D eigenvalue weighted by Crippen LogP contribution is -2.59. The first kappa shape index (κ1) is 50.1. The normalized spacial score (nSPS) is 14.1. The van der Waals surface area contributed by atoms with Gasteiger partial charge in [-0.2, -0.15) is 0 Å². The number of benzene rings is 1. The fourth-order valence-electron chi connectivity index (χ4n) is 7.37. The lowest BCUT2D eigenvalue weighted by Gasteiger charge is -2.26. The Morgan fingerprint density at radius 3 is 1.86 bits per heavy atom. The highest BCUT2D eigenvalue weighted by Gasteiger charge is 2.32. The van der Waals surface area contributed by atoms with Crippen LogP contribution in [0.4, 0.5) is 0 Å². The maximum atomic E-state index is 14.0. The fourth-order valence-corrected chi connectivity index (χ4v) is 7.37. The lowest BCUT2D eigenvalue weighted by molar-refractivity contribution is -0.135. The van der Waals surface area contributed by atoms with E-state index in [4.69, 9.17) is 0 Å².